The molecule has 2 aliphatic rings. The molecule has 0 radical (unpaired) electrons. The van der Waals surface area contributed by atoms with Gasteiger partial charge in [0.15, 0.2) is 0 Å². The number of fused-ring (bicyclic) bond motifs is 3. The molecule has 2 atom stereocenters. The molecule has 9 heteroatoms. The summed E-state index contributed by atoms with van der Waals surface area (Å²) in [6.07, 6.45) is 0.392. The fourth-order valence-electron chi connectivity index (χ4n) is 3.58. The van der Waals surface area contributed by atoms with Gasteiger partial charge in [0, 0.05) is 12.6 Å². The van der Waals surface area contributed by atoms with E-state index < -0.39 is 22.1 Å². The predicted octanol–water partition coefficient (Wildman–Crippen LogP) is 2.23. The molecule has 27 heavy (non-hydrogen) atoms. The second kappa shape index (κ2) is 6.70. The molecule has 4 rings (SSSR count). The highest BCUT2D eigenvalue weighted by molar-refractivity contribution is 7.89. The van der Waals surface area contributed by atoms with Gasteiger partial charge in [0.2, 0.25) is 15.9 Å². The lowest BCUT2D eigenvalue weighted by molar-refractivity contribution is -0.117. The average Bonchev–Trinajstić information content (AvgIpc) is 3.05. The van der Waals surface area contributed by atoms with E-state index in [1.165, 1.54) is 25.3 Å². The fourth-order valence-corrected chi connectivity index (χ4v) is 5.17. The largest absolute Gasteiger partial charge is 0.495 e. The number of hydrogen-bond donors (Lipinski definition) is 2. The van der Waals surface area contributed by atoms with Gasteiger partial charge in [-0.15, -0.1) is 0 Å². The van der Waals surface area contributed by atoms with E-state index in [0.29, 0.717) is 18.7 Å². The number of amides is 1. The van der Waals surface area contributed by atoms with Gasteiger partial charge >= 0.3 is 0 Å². The Labute approximate surface area is 162 Å². The molecule has 2 aromatic carbocycles. The molecule has 2 heterocycles. The Bertz CT molecular complexity index is 1010. The molecule has 0 bridgehead atoms. The SMILES string of the molecule is COc1ccc(S(=O)(=O)N[C@@H]2C[C@@H]3C(=O)Nc4ccccc4N3C2)cc1Cl. The van der Waals surface area contributed by atoms with Crippen molar-refractivity contribution in [3.8, 4) is 5.75 Å². The van der Waals surface area contributed by atoms with E-state index in [2.05, 4.69) is 10.0 Å². The van der Waals surface area contributed by atoms with E-state index in [-0.39, 0.29) is 15.8 Å². The van der Waals surface area contributed by atoms with Gasteiger partial charge in [0.25, 0.3) is 0 Å². The normalized spacial score (nSPS) is 21.4. The van der Waals surface area contributed by atoms with Crippen LogP contribution in [0.15, 0.2) is 47.4 Å². The lowest BCUT2D eigenvalue weighted by Gasteiger charge is -2.32. The first-order valence-corrected chi connectivity index (χ1v) is 10.3. The van der Waals surface area contributed by atoms with E-state index in [1.54, 1.807) is 0 Å². The standard InChI is InChI=1S/C18H18ClN3O4S/c1-26-17-7-6-12(9-13(17)19)27(24,25)21-11-8-16-18(23)20-14-4-2-3-5-15(14)22(16)10-11/h2-7,9,11,16,21H,8,10H2,1H3,(H,20,23)/t11-,16-/m1/s1. The Balaban J connectivity index is 1.56. The van der Waals surface area contributed by atoms with Gasteiger partial charge in [-0.1, -0.05) is 23.7 Å². The number of ether oxygens (including phenoxy) is 1. The van der Waals surface area contributed by atoms with Gasteiger partial charge in [-0.2, -0.15) is 0 Å². The van der Waals surface area contributed by atoms with Crippen molar-refractivity contribution in [2.45, 2.75) is 23.4 Å². The summed E-state index contributed by atoms with van der Waals surface area (Å²) in [4.78, 5) is 14.4. The van der Waals surface area contributed by atoms with Gasteiger partial charge < -0.3 is 15.0 Å². The van der Waals surface area contributed by atoms with Gasteiger partial charge in [-0.3, -0.25) is 4.79 Å². The fraction of sp³-hybridized carbons (Fsp3) is 0.278. The molecule has 0 saturated carbocycles. The number of rotatable bonds is 4. The first kappa shape index (κ1) is 18.1. The third-order valence-electron chi connectivity index (χ3n) is 4.83. The average molecular weight is 408 g/mol. The third kappa shape index (κ3) is 3.24. The molecule has 1 fully saturated rings. The number of benzene rings is 2. The van der Waals surface area contributed by atoms with Crippen LogP contribution in [0, 0.1) is 0 Å². The van der Waals surface area contributed by atoms with Crippen molar-refractivity contribution in [2.24, 2.45) is 0 Å². The Hall–Kier alpha value is -2.29. The highest BCUT2D eigenvalue weighted by atomic mass is 35.5. The first-order chi connectivity index (χ1) is 12.9. The Morgan fingerprint density at radius 2 is 2.04 bits per heavy atom. The van der Waals surface area contributed by atoms with Gasteiger partial charge in [0.05, 0.1) is 28.4 Å². The molecule has 0 aromatic heterocycles. The van der Waals surface area contributed by atoms with Gasteiger partial charge in [-0.25, -0.2) is 13.1 Å². The molecule has 142 valence electrons. The van der Waals surface area contributed by atoms with E-state index >= 15 is 0 Å². The summed E-state index contributed by atoms with van der Waals surface area (Å²) < 4.78 is 33.2. The molecule has 0 spiro atoms. The number of anilines is 2. The summed E-state index contributed by atoms with van der Waals surface area (Å²) in [5.41, 5.74) is 1.64. The van der Waals surface area contributed by atoms with Crippen LogP contribution < -0.4 is 19.7 Å². The Morgan fingerprint density at radius 3 is 2.78 bits per heavy atom. The van der Waals surface area contributed by atoms with Crippen LogP contribution >= 0.6 is 11.6 Å². The van der Waals surface area contributed by atoms with E-state index in [9.17, 15) is 13.2 Å². The first-order valence-electron chi connectivity index (χ1n) is 8.41. The van der Waals surface area contributed by atoms with Gasteiger partial charge in [-0.05, 0) is 36.8 Å². The second-order valence-corrected chi connectivity index (χ2v) is 8.65. The van der Waals surface area contributed by atoms with Crippen LogP contribution in [0.5, 0.6) is 5.75 Å². The number of methoxy groups -OCH3 is 1. The molecule has 2 aliphatic heterocycles. The number of nitrogens with zero attached hydrogens (tertiary/aromatic N) is 1. The Morgan fingerprint density at radius 1 is 1.26 bits per heavy atom. The van der Waals surface area contributed by atoms with Crippen LogP contribution in [0.4, 0.5) is 11.4 Å². The van der Waals surface area contributed by atoms with Crippen LogP contribution in [-0.4, -0.2) is 40.1 Å². The van der Waals surface area contributed by atoms with Crippen LogP contribution in [-0.2, 0) is 14.8 Å². The quantitative estimate of drug-likeness (QED) is 0.811. The molecular weight excluding hydrogens is 390 g/mol. The summed E-state index contributed by atoms with van der Waals surface area (Å²) in [5.74, 6) is 0.282. The highest BCUT2D eigenvalue weighted by Gasteiger charge is 2.42. The number of halogens is 1. The molecule has 1 saturated heterocycles. The van der Waals surface area contributed by atoms with Crippen molar-refractivity contribution in [1.82, 2.24) is 4.72 Å². The summed E-state index contributed by atoms with van der Waals surface area (Å²) >= 11 is 6.05. The summed E-state index contributed by atoms with van der Waals surface area (Å²) in [5, 5.41) is 3.10. The van der Waals surface area contributed by atoms with E-state index in [4.69, 9.17) is 16.3 Å². The zero-order valence-corrected chi connectivity index (χ0v) is 16.0. The van der Waals surface area contributed by atoms with Crippen molar-refractivity contribution < 1.29 is 17.9 Å². The van der Waals surface area contributed by atoms with Crippen molar-refractivity contribution in [1.29, 1.82) is 0 Å². The monoisotopic (exact) mass is 407 g/mol. The van der Waals surface area contributed by atoms with Crippen molar-refractivity contribution >= 4 is 38.9 Å². The number of nitrogens with one attached hydrogen (secondary N) is 2. The van der Waals surface area contributed by atoms with Gasteiger partial charge in [0.1, 0.15) is 11.8 Å². The Kier molecular flexibility index (Phi) is 4.49. The lowest BCUT2D eigenvalue weighted by Crippen LogP contribution is -2.44. The minimum atomic E-state index is -3.78. The number of para-hydroxylation sites is 2. The molecule has 0 unspecified atom stereocenters. The summed E-state index contributed by atoms with van der Waals surface area (Å²) in [7, 11) is -2.31. The van der Waals surface area contributed by atoms with Crippen LogP contribution in [0.2, 0.25) is 5.02 Å². The third-order valence-corrected chi connectivity index (χ3v) is 6.64. The number of sulfonamides is 1. The minimum absolute atomic E-state index is 0.0584. The zero-order valence-electron chi connectivity index (χ0n) is 14.5. The highest BCUT2D eigenvalue weighted by Crippen LogP contribution is 2.36. The van der Waals surface area contributed by atoms with Crippen LogP contribution in [0.25, 0.3) is 0 Å². The van der Waals surface area contributed by atoms with E-state index in [0.717, 1.165) is 11.4 Å². The zero-order chi connectivity index (χ0) is 19.2. The van der Waals surface area contributed by atoms with Crippen molar-refractivity contribution in [2.75, 3.05) is 23.9 Å². The lowest BCUT2D eigenvalue weighted by atomic mass is 10.1. The molecule has 2 aromatic rings. The molecular formula is C18H18ClN3O4S. The number of carbonyl (C=O) groups is 1. The molecule has 7 nitrogen and oxygen atoms in total. The number of hydrogen-bond acceptors (Lipinski definition) is 5. The molecule has 2 N–H and O–H groups in total. The maximum absolute atomic E-state index is 12.7. The minimum Gasteiger partial charge on any atom is -0.495 e. The summed E-state index contributed by atoms with van der Waals surface area (Å²) in [6, 6.07) is 11.0. The van der Waals surface area contributed by atoms with Crippen LogP contribution in [0.3, 0.4) is 0 Å². The smallest absolute Gasteiger partial charge is 0.247 e. The van der Waals surface area contributed by atoms with Crippen molar-refractivity contribution in [3.63, 3.8) is 0 Å². The number of carbonyl (C=O) groups excluding carboxylic acids is 1. The van der Waals surface area contributed by atoms with Crippen LogP contribution in [0.1, 0.15) is 6.42 Å². The maximum Gasteiger partial charge on any atom is 0.247 e. The topological polar surface area (TPSA) is 87.7 Å². The summed E-state index contributed by atoms with van der Waals surface area (Å²) in [6.45, 7) is 0.415. The van der Waals surface area contributed by atoms with E-state index in [1.807, 2.05) is 29.2 Å². The second-order valence-electron chi connectivity index (χ2n) is 6.52. The van der Waals surface area contributed by atoms with Crippen molar-refractivity contribution in [3.05, 3.63) is 47.5 Å². The predicted molar refractivity (Wildman–Crippen MR) is 103 cm³/mol. The molecule has 1 amide bonds. The maximum atomic E-state index is 12.7. The molecule has 0 aliphatic carbocycles.